The minimum absolute atomic E-state index is 0.0936. The Labute approximate surface area is 111 Å². The smallest absolute Gasteiger partial charge is 0.310 e. The van der Waals surface area contributed by atoms with Gasteiger partial charge >= 0.3 is 5.69 Å². The van der Waals surface area contributed by atoms with Crippen molar-refractivity contribution in [3.05, 3.63) is 46.5 Å². The van der Waals surface area contributed by atoms with E-state index in [0.29, 0.717) is 6.54 Å². The zero-order valence-corrected chi connectivity index (χ0v) is 10.7. The summed E-state index contributed by atoms with van der Waals surface area (Å²) in [5, 5.41) is 13.4. The van der Waals surface area contributed by atoms with Crippen LogP contribution in [-0.4, -0.2) is 24.0 Å². The van der Waals surface area contributed by atoms with Crippen molar-refractivity contribution in [2.24, 2.45) is 0 Å². The number of rotatable bonds is 7. The van der Waals surface area contributed by atoms with Crippen LogP contribution in [0, 0.1) is 10.1 Å². The van der Waals surface area contributed by atoms with E-state index in [1.807, 2.05) is 19.1 Å². The van der Waals surface area contributed by atoms with E-state index in [1.54, 1.807) is 12.1 Å². The van der Waals surface area contributed by atoms with Crippen LogP contribution >= 0.6 is 0 Å². The van der Waals surface area contributed by atoms with Crippen molar-refractivity contribution in [3.63, 3.8) is 0 Å². The molecule has 0 aromatic heterocycles. The van der Waals surface area contributed by atoms with Gasteiger partial charge in [-0.1, -0.05) is 24.3 Å². The highest BCUT2D eigenvalue weighted by Gasteiger charge is 2.14. The Morgan fingerprint density at radius 1 is 1.47 bits per heavy atom. The molecule has 102 valence electrons. The van der Waals surface area contributed by atoms with Gasteiger partial charge in [-0.25, -0.2) is 0 Å². The molecule has 0 saturated carbocycles. The van der Waals surface area contributed by atoms with Gasteiger partial charge in [-0.3, -0.25) is 14.9 Å². The van der Waals surface area contributed by atoms with Gasteiger partial charge < -0.3 is 10.1 Å². The van der Waals surface area contributed by atoms with Gasteiger partial charge in [0.2, 0.25) is 0 Å². The summed E-state index contributed by atoms with van der Waals surface area (Å²) in [5.74, 6) is -0.209. The van der Waals surface area contributed by atoms with Crippen LogP contribution in [0.15, 0.2) is 36.4 Å². The second kappa shape index (κ2) is 7.86. The number of nitro groups is 1. The maximum Gasteiger partial charge on any atom is 0.310 e. The number of allylic oxidation sites excluding steroid dienone is 1. The third-order valence-electron chi connectivity index (χ3n) is 2.29. The fraction of sp³-hybridized carbons (Fsp3) is 0.308. The summed E-state index contributed by atoms with van der Waals surface area (Å²) in [5.41, 5.74) is -0.149. The molecule has 0 fully saturated rings. The predicted molar refractivity (Wildman–Crippen MR) is 71.0 cm³/mol. The highest BCUT2D eigenvalue weighted by Crippen LogP contribution is 2.25. The van der Waals surface area contributed by atoms with Gasteiger partial charge in [0, 0.05) is 12.6 Å². The molecule has 0 bridgehead atoms. The number of nitro benzene ring substituents is 1. The third-order valence-corrected chi connectivity index (χ3v) is 2.29. The number of hydrogen-bond acceptors (Lipinski definition) is 4. The van der Waals surface area contributed by atoms with E-state index in [1.165, 1.54) is 12.1 Å². The van der Waals surface area contributed by atoms with Crippen molar-refractivity contribution in [2.45, 2.75) is 13.3 Å². The Balaban J connectivity index is 2.44. The average Bonchev–Trinajstić information content (AvgIpc) is 2.41. The number of nitrogens with one attached hydrogen (secondary N) is 1. The van der Waals surface area contributed by atoms with E-state index < -0.39 is 4.92 Å². The van der Waals surface area contributed by atoms with Gasteiger partial charge in [-0.2, -0.15) is 0 Å². The van der Waals surface area contributed by atoms with E-state index in [0.717, 1.165) is 6.42 Å². The van der Waals surface area contributed by atoms with Crippen LogP contribution < -0.4 is 10.1 Å². The summed E-state index contributed by atoms with van der Waals surface area (Å²) in [6.45, 7) is 2.18. The fourth-order valence-corrected chi connectivity index (χ4v) is 1.39. The molecular weight excluding hydrogens is 248 g/mol. The summed E-state index contributed by atoms with van der Waals surface area (Å²) in [6.07, 6.45) is 4.58. The molecule has 1 aromatic carbocycles. The highest BCUT2D eigenvalue weighted by molar-refractivity contribution is 5.77. The molecule has 0 aliphatic carbocycles. The SMILES string of the molecule is C/C=C/CCNC(=O)COc1ccccc1[N+](=O)[O-]. The summed E-state index contributed by atoms with van der Waals surface area (Å²) >= 11 is 0. The normalized spacial score (nSPS) is 10.4. The quantitative estimate of drug-likeness (QED) is 0.353. The van der Waals surface area contributed by atoms with Gasteiger partial charge in [0.15, 0.2) is 12.4 Å². The van der Waals surface area contributed by atoms with Crippen LogP contribution in [0.25, 0.3) is 0 Å². The number of ether oxygens (including phenoxy) is 1. The molecule has 0 heterocycles. The minimum atomic E-state index is -0.542. The summed E-state index contributed by atoms with van der Waals surface area (Å²) < 4.78 is 5.15. The molecule has 0 atom stereocenters. The predicted octanol–water partition coefficient (Wildman–Crippen LogP) is 2.06. The molecule has 19 heavy (non-hydrogen) atoms. The van der Waals surface area contributed by atoms with Crippen LogP contribution in [0.1, 0.15) is 13.3 Å². The Kier molecular flexibility index (Phi) is 6.08. The van der Waals surface area contributed by atoms with E-state index in [2.05, 4.69) is 5.32 Å². The van der Waals surface area contributed by atoms with Crippen molar-refractivity contribution in [1.29, 1.82) is 0 Å². The Bertz CT molecular complexity index is 471. The van der Waals surface area contributed by atoms with E-state index in [-0.39, 0.29) is 24.0 Å². The van der Waals surface area contributed by atoms with Crippen molar-refractivity contribution < 1.29 is 14.5 Å². The molecule has 0 aliphatic rings. The lowest BCUT2D eigenvalue weighted by Crippen LogP contribution is -2.29. The van der Waals surface area contributed by atoms with Crippen LogP contribution in [0.3, 0.4) is 0 Å². The van der Waals surface area contributed by atoms with Crippen molar-refractivity contribution in [1.82, 2.24) is 5.32 Å². The number of hydrogen-bond donors (Lipinski definition) is 1. The molecule has 0 radical (unpaired) electrons. The molecule has 0 saturated heterocycles. The first-order valence-electron chi connectivity index (χ1n) is 5.89. The lowest BCUT2D eigenvalue weighted by Gasteiger charge is -2.06. The van der Waals surface area contributed by atoms with Crippen LogP contribution in [0.5, 0.6) is 5.75 Å². The van der Waals surface area contributed by atoms with Crippen molar-refractivity contribution in [2.75, 3.05) is 13.2 Å². The summed E-state index contributed by atoms with van der Waals surface area (Å²) in [4.78, 5) is 21.6. The number of nitrogens with zero attached hydrogens (tertiary/aromatic N) is 1. The molecule has 0 aliphatic heterocycles. The fourth-order valence-electron chi connectivity index (χ4n) is 1.39. The first-order chi connectivity index (χ1) is 9.15. The second-order valence-corrected chi connectivity index (χ2v) is 3.72. The Morgan fingerprint density at radius 3 is 2.89 bits per heavy atom. The Hall–Kier alpha value is -2.37. The first-order valence-corrected chi connectivity index (χ1v) is 5.89. The second-order valence-electron chi connectivity index (χ2n) is 3.72. The number of benzene rings is 1. The molecule has 1 rings (SSSR count). The lowest BCUT2D eigenvalue weighted by atomic mass is 10.3. The van der Waals surface area contributed by atoms with Gasteiger partial charge in [-0.15, -0.1) is 0 Å². The van der Waals surface area contributed by atoms with Crippen LogP contribution in [-0.2, 0) is 4.79 Å². The van der Waals surface area contributed by atoms with Gasteiger partial charge in [0.25, 0.3) is 5.91 Å². The monoisotopic (exact) mass is 264 g/mol. The number of carbonyl (C=O) groups excluding carboxylic acids is 1. The highest BCUT2D eigenvalue weighted by atomic mass is 16.6. The van der Waals surface area contributed by atoms with E-state index in [4.69, 9.17) is 4.74 Å². The standard InChI is InChI=1S/C13H16N2O4/c1-2-3-6-9-14-13(16)10-19-12-8-5-4-7-11(12)15(17)18/h2-5,7-8H,6,9-10H2,1H3,(H,14,16)/b3-2+. The molecule has 1 amide bonds. The number of amides is 1. The van der Waals surface area contributed by atoms with Crippen LogP contribution in [0.4, 0.5) is 5.69 Å². The maximum absolute atomic E-state index is 11.4. The zero-order valence-electron chi connectivity index (χ0n) is 10.7. The molecular formula is C13H16N2O4. The van der Waals surface area contributed by atoms with Crippen LogP contribution in [0.2, 0.25) is 0 Å². The van der Waals surface area contributed by atoms with Gasteiger partial charge in [-0.05, 0) is 19.4 Å². The summed E-state index contributed by atoms with van der Waals surface area (Å²) in [6, 6.07) is 5.96. The Morgan fingerprint density at radius 2 is 2.21 bits per heavy atom. The number of para-hydroxylation sites is 2. The van der Waals surface area contributed by atoms with Crippen molar-refractivity contribution >= 4 is 11.6 Å². The topological polar surface area (TPSA) is 81.5 Å². The molecule has 0 spiro atoms. The molecule has 6 heteroatoms. The minimum Gasteiger partial charge on any atom is -0.477 e. The molecule has 1 aromatic rings. The molecule has 0 unspecified atom stereocenters. The number of carbonyl (C=O) groups is 1. The van der Waals surface area contributed by atoms with Crippen molar-refractivity contribution in [3.8, 4) is 5.75 Å². The lowest BCUT2D eigenvalue weighted by molar-refractivity contribution is -0.385. The summed E-state index contributed by atoms with van der Waals surface area (Å²) in [7, 11) is 0. The average molecular weight is 264 g/mol. The van der Waals surface area contributed by atoms with E-state index >= 15 is 0 Å². The third kappa shape index (κ3) is 5.20. The zero-order chi connectivity index (χ0) is 14.1. The van der Waals surface area contributed by atoms with Gasteiger partial charge in [0.1, 0.15) is 0 Å². The largest absolute Gasteiger partial charge is 0.477 e. The molecule has 1 N–H and O–H groups in total. The van der Waals surface area contributed by atoms with Gasteiger partial charge in [0.05, 0.1) is 4.92 Å². The van der Waals surface area contributed by atoms with E-state index in [9.17, 15) is 14.9 Å². The maximum atomic E-state index is 11.4. The molecule has 6 nitrogen and oxygen atoms in total. The first kappa shape index (κ1) is 14.7.